The number of aliphatic hydroxyl groups excluding tert-OH is 1. The number of hydrogen-bond acceptors (Lipinski definition) is 5. The normalized spacial score (nSPS) is 12.7. The van der Waals surface area contributed by atoms with Crippen molar-refractivity contribution in [3.05, 3.63) is 48.6 Å². The minimum Gasteiger partial charge on any atom is -0.462 e. The Kier molecular flexibility index (Phi) is 33.6. The molecule has 0 heterocycles. The van der Waals surface area contributed by atoms with Crippen LogP contribution in [0.3, 0.4) is 0 Å². The smallest absolute Gasteiger partial charge is 0.306 e. The summed E-state index contributed by atoms with van der Waals surface area (Å²) in [6.45, 7) is 3.99. The van der Waals surface area contributed by atoms with Crippen molar-refractivity contribution in [2.24, 2.45) is 0 Å². The van der Waals surface area contributed by atoms with Gasteiger partial charge < -0.3 is 14.6 Å². The van der Waals surface area contributed by atoms with Gasteiger partial charge in [-0.3, -0.25) is 9.59 Å². The van der Waals surface area contributed by atoms with Crippen molar-refractivity contribution in [1.82, 2.24) is 0 Å². The van der Waals surface area contributed by atoms with Crippen LogP contribution in [-0.4, -0.2) is 36.4 Å². The molecule has 0 aromatic carbocycles. The lowest BCUT2D eigenvalue weighted by Crippen LogP contribution is -2.28. The molecule has 0 saturated heterocycles. The Hall–Kier alpha value is -2.14. The van der Waals surface area contributed by atoms with E-state index in [9.17, 15) is 14.7 Å². The van der Waals surface area contributed by atoms with Crippen LogP contribution < -0.4 is 0 Å². The van der Waals surface area contributed by atoms with Crippen LogP contribution in [0.25, 0.3) is 0 Å². The number of hydrogen-bond donors (Lipinski definition) is 1. The summed E-state index contributed by atoms with van der Waals surface area (Å²) in [6.07, 6.45) is 43.0. The van der Waals surface area contributed by atoms with Crippen LogP contribution in [-0.2, 0) is 19.1 Å². The third-order valence-corrected chi connectivity index (χ3v) is 7.64. The molecular formula is C39H68O5. The van der Waals surface area contributed by atoms with Gasteiger partial charge in [-0.1, -0.05) is 152 Å². The summed E-state index contributed by atoms with van der Waals surface area (Å²) in [4.78, 5) is 24.2. The second-order valence-corrected chi connectivity index (χ2v) is 11.9. The lowest BCUT2D eigenvalue weighted by molar-refractivity contribution is -0.161. The quantitative estimate of drug-likeness (QED) is 0.0462. The first-order chi connectivity index (χ1) is 21.6. The standard InChI is InChI=1S/C39H68O5/c1-3-5-7-9-11-13-15-17-18-19-20-22-24-26-28-30-32-34-39(42)44-37(35-40)36-43-38(41)33-31-29-27-25-23-21-16-14-12-10-8-6-4-2/h5,7,11,13,17-18,20,22,37,40H,3-4,6,8-10,12,14-16,19,21,23-36H2,1-2H3/t37-/m0/s1. The minimum atomic E-state index is -0.781. The predicted octanol–water partition coefficient (Wildman–Crippen LogP) is 11.1. The van der Waals surface area contributed by atoms with Crippen molar-refractivity contribution in [3.63, 3.8) is 0 Å². The van der Waals surface area contributed by atoms with Crippen molar-refractivity contribution in [2.75, 3.05) is 13.2 Å². The zero-order valence-corrected chi connectivity index (χ0v) is 28.7. The number of carbonyl (C=O) groups is 2. The van der Waals surface area contributed by atoms with Crippen LogP contribution in [0.15, 0.2) is 48.6 Å². The maximum atomic E-state index is 12.1. The van der Waals surface area contributed by atoms with Crippen molar-refractivity contribution >= 4 is 11.9 Å². The Labute approximate surface area is 271 Å². The molecule has 0 radical (unpaired) electrons. The topological polar surface area (TPSA) is 72.8 Å². The number of esters is 2. The fraction of sp³-hybridized carbons (Fsp3) is 0.744. The fourth-order valence-corrected chi connectivity index (χ4v) is 4.90. The van der Waals surface area contributed by atoms with Crippen molar-refractivity contribution < 1.29 is 24.2 Å². The molecule has 0 bridgehead atoms. The average Bonchev–Trinajstić information content (AvgIpc) is 3.02. The highest BCUT2D eigenvalue weighted by atomic mass is 16.6. The monoisotopic (exact) mass is 617 g/mol. The highest BCUT2D eigenvalue weighted by molar-refractivity contribution is 5.70. The fourth-order valence-electron chi connectivity index (χ4n) is 4.90. The summed E-state index contributed by atoms with van der Waals surface area (Å²) in [7, 11) is 0. The third-order valence-electron chi connectivity index (χ3n) is 7.64. The molecule has 0 unspecified atom stereocenters. The molecule has 44 heavy (non-hydrogen) atoms. The lowest BCUT2D eigenvalue weighted by Gasteiger charge is -2.15. The van der Waals surface area contributed by atoms with Crippen LogP contribution in [0.5, 0.6) is 0 Å². The molecule has 1 atom stereocenters. The molecule has 0 aromatic heterocycles. The molecule has 0 aromatic rings. The molecule has 1 N–H and O–H groups in total. The van der Waals surface area contributed by atoms with Gasteiger partial charge in [0.05, 0.1) is 6.61 Å². The van der Waals surface area contributed by atoms with Crippen LogP contribution in [0.4, 0.5) is 0 Å². The number of rotatable bonds is 32. The second kappa shape index (κ2) is 35.3. The van der Waals surface area contributed by atoms with Gasteiger partial charge in [-0.25, -0.2) is 0 Å². The van der Waals surface area contributed by atoms with Gasteiger partial charge >= 0.3 is 11.9 Å². The molecule has 0 spiro atoms. The molecule has 0 aliphatic rings. The number of aliphatic hydroxyl groups is 1. The first-order valence-electron chi connectivity index (χ1n) is 18.2. The second-order valence-electron chi connectivity index (χ2n) is 11.9. The average molecular weight is 617 g/mol. The van der Waals surface area contributed by atoms with E-state index in [0.717, 1.165) is 77.0 Å². The van der Waals surface area contributed by atoms with Gasteiger partial charge in [-0.15, -0.1) is 0 Å². The van der Waals surface area contributed by atoms with Crippen LogP contribution in [0.1, 0.15) is 168 Å². The van der Waals surface area contributed by atoms with Gasteiger partial charge in [-0.2, -0.15) is 0 Å². The summed E-state index contributed by atoms with van der Waals surface area (Å²) in [6, 6.07) is 0. The van der Waals surface area contributed by atoms with E-state index >= 15 is 0 Å². The molecule has 0 aliphatic heterocycles. The first kappa shape index (κ1) is 41.9. The zero-order chi connectivity index (χ0) is 32.2. The molecule has 0 saturated carbocycles. The number of ether oxygens (including phenoxy) is 2. The van der Waals surface area contributed by atoms with E-state index in [1.54, 1.807) is 0 Å². The molecule has 0 fully saturated rings. The van der Waals surface area contributed by atoms with E-state index in [-0.39, 0.29) is 25.2 Å². The molecule has 5 nitrogen and oxygen atoms in total. The largest absolute Gasteiger partial charge is 0.462 e. The van der Waals surface area contributed by atoms with Crippen LogP contribution >= 0.6 is 0 Å². The zero-order valence-electron chi connectivity index (χ0n) is 28.7. The van der Waals surface area contributed by atoms with E-state index in [4.69, 9.17) is 9.47 Å². The lowest BCUT2D eigenvalue weighted by atomic mass is 10.0. The molecular weight excluding hydrogens is 548 g/mol. The summed E-state index contributed by atoms with van der Waals surface area (Å²) < 4.78 is 10.6. The van der Waals surface area contributed by atoms with E-state index in [1.807, 2.05) is 0 Å². The van der Waals surface area contributed by atoms with Gasteiger partial charge in [0.15, 0.2) is 6.10 Å². The Morgan fingerprint density at radius 3 is 1.48 bits per heavy atom. The SMILES string of the molecule is CCC=CCC=CCC=CCC=CCCCCCCC(=O)O[C@@H](CO)COC(=O)CCCCCCCCCCCCCCC. The highest BCUT2D eigenvalue weighted by Crippen LogP contribution is 2.13. The maximum Gasteiger partial charge on any atom is 0.306 e. The molecule has 0 rings (SSSR count). The highest BCUT2D eigenvalue weighted by Gasteiger charge is 2.16. The van der Waals surface area contributed by atoms with Crippen molar-refractivity contribution in [3.8, 4) is 0 Å². The van der Waals surface area contributed by atoms with Crippen LogP contribution in [0, 0.1) is 0 Å². The van der Waals surface area contributed by atoms with E-state index < -0.39 is 6.10 Å². The molecule has 0 amide bonds. The molecule has 0 aliphatic carbocycles. The summed E-state index contributed by atoms with van der Waals surface area (Å²) in [5.41, 5.74) is 0. The first-order valence-corrected chi connectivity index (χ1v) is 18.2. The Morgan fingerprint density at radius 1 is 0.545 bits per heavy atom. The third kappa shape index (κ3) is 32.8. The van der Waals surface area contributed by atoms with Gasteiger partial charge in [0.25, 0.3) is 0 Å². The van der Waals surface area contributed by atoms with E-state index in [1.165, 1.54) is 64.2 Å². The summed E-state index contributed by atoms with van der Waals surface area (Å²) in [5.74, 6) is -0.619. The number of unbranched alkanes of at least 4 members (excludes halogenated alkanes) is 16. The number of carbonyl (C=O) groups excluding carboxylic acids is 2. The molecule has 254 valence electrons. The number of allylic oxidation sites excluding steroid dienone is 8. The van der Waals surface area contributed by atoms with Crippen molar-refractivity contribution in [2.45, 2.75) is 174 Å². The van der Waals surface area contributed by atoms with Gasteiger partial charge in [0.1, 0.15) is 6.61 Å². The Balaban J connectivity index is 3.63. The Bertz CT molecular complexity index is 752. The Morgan fingerprint density at radius 2 is 0.977 bits per heavy atom. The summed E-state index contributed by atoms with van der Waals surface area (Å²) in [5, 5.41) is 9.52. The predicted molar refractivity (Wildman–Crippen MR) is 187 cm³/mol. The maximum absolute atomic E-state index is 12.1. The molecule has 5 heteroatoms. The van der Waals surface area contributed by atoms with Gasteiger partial charge in [-0.05, 0) is 51.4 Å². The van der Waals surface area contributed by atoms with Crippen LogP contribution in [0.2, 0.25) is 0 Å². The van der Waals surface area contributed by atoms with E-state index in [0.29, 0.717) is 12.8 Å². The van der Waals surface area contributed by atoms with E-state index in [2.05, 4.69) is 62.5 Å². The summed E-state index contributed by atoms with van der Waals surface area (Å²) >= 11 is 0. The minimum absolute atomic E-state index is 0.0750. The van der Waals surface area contributed by atoms with Crippen molar-refractivity contribution in [1.29, 1.82) is 0 Å². The van der Waals surface area contributed by atoms with Gasteiger partial charge in [0.2, 0.25) is 0 Å². The van der Waals surface area contributed by atoms with Gasteiger partial charge in [0, 0.05) is 12.8 Å².